The standard InChI is InChI=1S/C8H7N3/c1-6(4-9)7(2)8(5-10)11-3/h6H,1-2H3/b8-7+. The third kappa shape index (κ3) is 2.12. The molecule has 0 fully saturated rings. The molecule has 0 saturated carbocycles. The second kappa shape index (κ2) is 4.09. The van der Waals surface area contributed by atoms with E-state index in [0.717, 1.165) is 0 Å². The van der Waals surface area contributed by atoms with Crippen molar-refractivity contribution in [2.45, 2.75) is 13.8 Å². The zero-order valence-corrected chi connectivity index (χ0v) is 6.42. The fourth-order valence-electron chi connectivity index (χ4n) is 0.503. The monoisotopic (exact) mass is 145 g/mol. The van der Waals surface area contributed by atoms with Crippen LogP contribution in [0.25, 0.3) is 4.85 Å². The summed E-state index contributed by atoms with van der Waals surface area (Å²) in [5.41, 5.74) is 0.573. The number of rotatable bonds is 1. The Hall–Kier alpha value is -1.79. The van der Waals surface area contributed by atoms with Crippen molar-refractivity contribution in [1.29, 1.82) is 10.5 Å². The van der Waals surface area contributed by atoms with E-state index in [0.29, 0.717) is 5.57 Å². The molecule has 54 valence electrons. The molecule has 11 heavy (non-hydrogen) atoms. The SMILES string of the molecule is [C-]#[N+]/C(C#N)=C(\C)C(C)C#N. The summed E-state index contributed by atoms with van der Waals surface area (Å²) in [4.78, 5) is 2.99. The minimum Gasteiger partial charge on any atom is -0.227 e. The molecule has 0 aliphatic carbocycles. The summed E-state index contributed by atoms with van der Waals surface area (Å²) in [6.07, 6.45) is 0. The van der Waals surface area contributed by atoms with E-state index >= 15 is 0 Å². The van der Waals surface area contributed by atoms with E-state index in [4.69, 9.17) is 17.1 Å². The second-order valence-corrected chi connectivity index (χ2v) is 2.11. The maximum absolute atomic E-state index is 8.45. The van der Waals surface area contributed by atoms with Crippen molar-refractivity contribution < 1.29 is 0 Å². The molecule has 0 saturated heterocycles. The van der Waals surface area contributed by atoms with Gasteiger partial charge >= 0.3 is 0 Å². The molecule has 3 heteroatoms. The van der Waals surface area contributed by atoms with Gasteiger partial charge in [0.05, 0.1) is 24.6 Å². The van der Waals surface area contributed by atoms with Gasteiger partial charge in [-0.3, -0.25) is 0 Å². The summed E-state index contributed by atoms with van der Waals surface area (Å²) in [5, 5.41) is 16.9. The van der Waals surface area contributed by atoms with Crippen molar-refractivity contribution in [1.82, 2.24) is 0 Å². The largest absolute Gasteiger partial charge is 0.262 e. The molecular formula is C8H7N3. The molecule has 0 aromatic heterocycles. The lowest BCUT2D eigenvalue weighted by molar-refractivity contribution is 0.872. The Bertz CT molecular complexity index is 277. The van der Waals surface area contributed by atoms with Crippen molar-refractivity contribution in [3.8, 4) is 12.1 Å². The summed E-state index contributed by atoms with van der Waals surface area (Å²) in [6.45, 7) is 9.89. The van der Waals surface area contributed by atoms with E-state index in [9.17, 15) is 0 Å². The zero-order chi connectivity index (χ0) is 8.85. The first-order valence-corrected chi connectivity index (χ1v) is 3.05. The Morgan fingerprint density at radius 3 is 2.36 bits per heavy atom. The maximum Gasteiger partial charge on any atom is 0.262 e. The molecule has 0 aromatic carbocycles. The minimum absolute atomic E-state index is 0.0269. The summed E-state index contributed by atoms with van der Waals surface area (Å²) in [6, 6.07) is 3.70. The van der Waals surface area contributed by atoms with Crippen LogP contribution in [-0.4, -0.2) is 0 Å². The minimum atomic E-state index is -0.348. The third-order valence-electron chi connectivity index (χ3n) is 1.43. The van der Waals surface area contributed by atoms with E-state index in [2.05, 4.69) is 4.85 Å². The molecule has 0 aromatic rings. The number of nitrogens with zero attached hydrogens (tertiary/aromatic N) is 3. The van der Waals surface area contributed by atoms with Crippen molar-refractivity contribution in [2.75, 3.05) is 0 Å². The predicted octanol–water partition coefficient (Wildman–Crippen LogP) is 1.86. The van der Waals surface area contributed by atoms with Gasteiger partial charge in [0.1, 0.15) is 0 Å². The van der Waals surface area contributed by atoms with Crippen LogP contribution in [0.2, 0.25) is 0 Å². The van der Waals surface area contributed by atoms with Gasteiger partial charge in [0.25, 0.3) is 5.70 Å². The predicted molar refractivity (Wildman–Crippen MR) is 39.7 cm³/mol. The fourth-order valence-corrected chi connectivity index (χ4v) is 0.503. The van der Waals surface area contributed by atoms with Gasteiger partial charge < -0.3 is 0 Å². The molecule has 0 amide bonds. The van der Waals surface area contributed by atoms with Crippen LogP contribution >= 0.6 is 0 Å². The van der Waals surface area contributed by atoms with Gasteiger partial charge in [-0.15, -0.1) is 0 Å². The Kier molecular flexibility index (Phi) is 3.43. The van der Waals surface area contributed by atoms with Crippen molar-refractivity contribution in [2.24, 2.45) is 5.92 Å². The van der Waals surface area contributed by atoms with Crippen molar-refractivity contribution in [3.05, 3.63) is 22.7 Å². The van der Waals surface area contributed by atoms with E-state index in [1.807, 2.05) is 6.07 Å². The quantitative estimate of drug-likeness (QED) is 0.417. The van der Waals surface area contributed by atoms with Crippen LogP contribution in [-0.2, 0) is 0 Å². The number of hydrogen-bond donors (Lipinski definition) is 0. The highest BCUT2D eigenvalue weighted by atomic mass is 14.7. The van der Waals surface area contributed by atoms with Gasteiger partial charge in [-0.05, 0) is 12.5 Å². The van der Waals surface area contributed by atoms with E-state index < -0.39 is 0 Å². The summed E-state index contributed by atoms with van der Waals surface area (Å²) in [5.74, 6) is -0.348. The molecule has 1 unspecified atom stereocenters. The molecule has 1 atom stereocenters. The number of allylic oxidation sites excluding steroid dienone is 2. The van der Waals surface area contributed by atoms with Crippen LogP contribution in [0.15, 0.2) is 11.3 Å². The Balaban J connectivity index is 4.87. The van der Waals surface area contributed by atoms with Gasteiger partial charge in [-0.1, -0.05) is 6.92 Å². The highest BCUT2D eigenvalue weighted by molar-refractivity contribution is 5.34. The van der Waals surface area contributed by atoms with Crippen LogP contribution in [0, 0.1) is 35.2 Å². The first-order valence-electron chi connectivity index (χ1n) is 3.05. The van der Waals surface area contributed by atoms with E-state index in [-0.39, 0.29) is 11.6 Å². The van der Waals surface area contributed by atoms with Crippen molar-refractivity contribution in [3.63, 3.8) is 0 Å². The van der Waals surface area contributed by atoms with Crippen LogP contribution in [0.3, 0.4) is 0 Å². The van der Waals surface area contributed by atoms with E-state index in [1.54, 1.807) is 19.9 Å². The fraction of sp³-hybridized carbons (Fsp3) is 0.375. The molecule has 0 radical (unpaired) electrons. The molecule has 0 N–H and O–H groups in total. The molecule has 0 spiro atoms. The normalized spacial score (nSPS) is 13.4. The van der Waals surface area contributed by atoms with Gasteiger partial charge in [-0.25, -0.2) is 10.1 Å². The summed E-state index contributed by atoms with van der Waals surface area (Å²) < 4.78 is 0. The lowest BCUT2D eigenvalue weighted by Crippen LogP contribution is -1.93. The smallest absolute Gasteiger partial charge is 0.227 e. The van der Waals surface area contributed by atoms with Gasteiger partial charge in [0.2, 0.25) is 0 Å². The zero-order valence-electron chi connectivity index (χ0n) is 6.42. The second-order valence-electron chi connectivity index (χ2n) is 2.11. The van der Waals surface area contributed by atoms with Crippen molar-refractivity contribution >= 4 is 0 Å². The maximum atomic E-state index is 8.45. The molecular weight excluding hydrogens is 138 g/mol. The molecule has 3 nitrogen and oxygen atoms in total. The highest BCUT2D eigenvalue weighted by Gasteiger charge is 2.07. The first-order chi connectivity index (χ1) is 5.17. The summed E-state index contributed by atoms with van der Waals surface area (Å²) >= 11 is 0. The van der Waals surface area contributed by atoms with Crippen LogP contribution in [0.1, 0.15) is 13.8 Å². The number of hydrogen-bond acceptors (Lipinski definition) is 2. The molecule has 0 rings (SSSR count). The van der Waals surface area contributed by atoms with Gasteiger partial charge in [0.15, 0.2) is 0 Å². The van der Waals surface area contributed by atoms with Crippen LogP contribution in [0.4, 0.5) is 0 Å². The van der Waals surface area contributed by atoms with Gasteiger partial charge in [-0.2, -0.15) is 5.26 Å². The topological polar surface area (TPSA) is 51.9 Å². The van der Waals surface area contributed by atoms with Gasteiger partial charge in [0, 0.05) is 0 Å². The Labute approximate surface area is 66.0 Å². The third-order valence-corrected chi connectivity index (χ3v) is 1.43. The Morgan fingerprint density at radius 2 is 2.09 bits per heavy atom. The molecule has 0 heterocycles. The summed E-state index contributed by atoms with van der Waals surface area (Å²) in [7, 11) is 0. The highest BCUT2D eigenvalue weighted by Crippen LogP contribution is 2.13. The molecule has 0 bridgehead atoms. The lowest BCUT2D eigenvalue weighted by atomic mass is 10.0. The Morgan fingerprint density at radius 1 is 1.55 bits per heavy atom. The average Bonchev–Trinajstić information content (AvgIpc) is 2.05. The molecule has 0 aliphatic heterocycles. The number of nitriles is 2. The van der Waals surface area contributed by atoms with E-state index in [1.165, 1.54) is 0 Å². The first kappa shape index (κ1) is 9.21. The molecule has 0 aliphatic rings. The van der Waals surface area contributed by atoms with Crippen LogP contribution in [0.5, 0.6) is 0 Å². The lowest BCUT2D eigenvalue weighted by Gasteiger charge is -2.00. The average molecular weight is 145 g/mol. The van der Waals surface area contributed by atoms with Crippen LogP contribution < -0.4 is 0 Å².